The Kier molecular flexibility index (Phi) is 6.01. The fourth-order valence-electron chi connectivity index (χ4n) is 2.28. The molecule has 0 unspecified atom stereocenters. The first-order valence-corrected chi connectivity index (χ1v) is 10.4. The van der Waals surface area contributed by atoms with E-state index < -0.39 is 11.6 Å². The van der Waals surface area contributed by atoms with E-state index >= 15 is 0 Å². The molecule has 0 spiro atoms. The Morgan fingerprint density at radius 1 is 1.25 bits per heavy atom. The van der Waals surface area contributed by atoms with Gasteiger partial charge in [-0.15, -0.1) is 11.8 Å². The molecule has 0 aliphatic rings. The lowest BCUT2D eigenvalue weighted by atomic mass is 9.94. The third-order valence-electron chi connectivity index (χ3n) is 3.68. The van der Waals surface area contributed by atoms with Crippen molar-refractivity contribution in [2.24, 2.45) is 5.73 Å². The second-order valence-electron chi connectivity index (χ2n) is 6.86. The van der Waals surface area contributed by atoms with Crippen molar-refractivity contribution in [2.75, 3.05) is 4.90 Å². The largest absolute Gasteiger partial charge is 0.444 e. The summed E-state index contributed by atoms with van der Waals surface area (Å²) in [4.78, 5) is 9.60. The topological polar surface area (TPSA) is 68.2 Å². The van der Waals surface area contributed by atoms with E-state index in [4.69, 9.17) is 22.4 Å². The number of nitrogens with zero attached hydrogens (tertiary/aromatic N) is 3. The summed E-state index contributed by atoms with van der Waals surface area (Å²) in [5.74, 6) is 0.358. The minimum atomic E-state index is -0.772. The van der Waals surface area contributed by atoms with E-state index in [1.54, 1.807) is 12.4 Å². The number of hydrogen-bond donors (Lipinski definition) is 1. The monoisotopic (exact) mass is 440 g/mol. The lowest BCUT2D eigenvalue weighted by molar-refractivity contribution is 0.391. The predicted octanol–water partition coefficient (Wildman–Crippen LogP) is 5.38. The summed E-state index contributed by atoms with van der Waals surface area (Å²) in [6.45, 7) is 6.14. The molecule has 0 amide bonds. The van der Waals surface area contributed by atoms with Gasteiger partial charge >= 0.3 is 0 Å². The number of nitrogens with two attached hydrogens (primary N) is 1. The van der Waals surface area contributed by atoms with Crippen LogP contribution in [0.1, 0.15) is 32.4 Å². The number of oxazole rings is 1. The van der Waals surface area contributed by atoms with E-state index in [1.807, 2.05) is 20.8 Å². The van der Waals surface area contributed by atoms with Gasteiger partial charge in [0.15, 0.2) is 10.2 Å². The predicted molar refractivity (Wildman–Crippen MR) is 112 cm³/mol. The molecule has 0 fully saturated rings. The normalized spacial score (nSPS) is 11.6. The number of thiocarbonyl (C=S) groups is 1. The fourth-order valence-corrected chi connectivity index (χ4v) is 4.35. The molecule has 3 rings (SSSR count). The summed E-state index contributed by atoms with van der Waals surface area (Å²) in [7, 11) is 0. The van der Waals surface area contributed by atoms with Crippen LogP contribution in [0.25, 0.3) is 0 Å². The van der Waals surface area contributed by atoms with E-state index in [2.05, 4.69) is 9.97 Å². The molecular weight excluding hydrogens is 422 g/mol. The van der Waals surface area contributed by atoms with Crippen LogP contribution in [-0.2, 0) is 11.2 Å². The quantitative estimate of drug-likeness (QED) is 0.422. The van der Waals surface area contributed by atoms with Crippen LogP contribution in [0.5, 0.6) is 0 Å². The molecule has 2 heterocycles. The van der Waals surface area contributed by atoms with Crippen molar-refractivity contribution in [3.05, 3.63) is 53.9 Å². The fraction of sp³-hybridized carbons (Fsp3) is 0.278. The summed E-state index contributed by atoms with van der Waals surface area (Å²) in [5.41, 5.74) is 5.25. The van der Waals surface area contributed by atoms with E-state index in [-0.39, 0.29) is 21.3 Å². The van der Waals surface area contributed by atoms with Crippen LogP contribution in [-0.4, -0.2) is 15.1 Å². The zero-order valence-corrected chi connectivity index (χ0v) is 17.9. The van der Waals surface area contributed by atoms with Gasteiger partial charge in [-0.05, 0) is 24.4 Å². The third-order valence-corrected chi connectivity index (χ3v) is 6.02. The highest BCUT2D eigenvalue weighted by molar-refractivity contribution is 8.00. The number of thioether (sulfide) groups is 1. The SMILES string of the molecule is CC(C)(C)c1cnc(CSc2cnc(N(C(N)=S)c3c(F)cccc3F)s2)o1. The van der Waals surface area contributed by atoms with Gasteiger partial charge in [-0.3, -0.25) is 4.90 Å². The smallest absolute Gasteiger partial charge is 0.204 e. The van der Waals surface area contributed by atoms with Crippen molar-refractivity contribution in [2.45, 2.75) is 36.1 Å². The maximum atomic E-state index is 14.2. The Morgan fingerprint density at radius 3 is 2.50 bits per heavy atom. The summed E-state index contributed by atoms with van der Waals surface area (Å²) in [6.07, 6.45) is 3.33. The van der Waals surface area contributed by atoms with Gasteiger partial charge in [0, 0.05) is 5.41 Å². The van der Waals surface area contributed by atoms with E-state index in [9.17, 15) is 8.78 Å². The van der Waals surface area contributed by atoms with Gasteiger partial charge in [0.1, 0.15) is 23.1 Å². The summed E-state index contributed by atoms with van der Waals surface area (Å²) < 4.78 is 34.9. The molecule has 0 saturated heterocycles. The Morgan fingerprint density at radius 2 is 1.93 bits per heavy atom. The van der Waals surface area contributed by atoms with Gasteiger partial charge in [0.25, 0.3) is 0 Å². The van der Waals surface area contributed by atoms with Crippen molar-refractivity contribution < 1.29 is 13.2 Å². The van der Waals surface area contributed by atoms with Gasteiger partial charge in [0.05, 0.1) is 22.4 Å². The van der Waals surface area contributed by atoms with E-state index in [1.165, 1.54) is 29.2 Å². The van der Waals surface area contributed by atoms with Crippen molar-refractivity contribution in [1.82, 2.24) is 9.97 Å². The van der Waals surface area contributed by atoms with Crippen LogP contribution in [0, 0.1) is 11.6 Å². The molecule has 0 saturated carbocycles. The molecule has 10 heteroatoms. The van der Waals surface area contributed by atoms with E-state index in [0.717, 1.165) is 27.0 Å². The molecule has 2 aromatic heterocycles. The zero-order chi connectivity index (χ0) is 20.5. The molecule has 28 heavy (non-hydrogen) atoms. The molecule has 148 valence electrons. The molecular formula is C18H18F2N4OS3. The Labute approximate surface area is 175 Å². The number of aromatic nitrogens is 2. The highest BCUT2D eigenvalue weighted by Crippen LogP contribution is 2.37. The summed E-state index contributed by atoms with van der Waals surface area (Å²) in [6, 6.07) is 3.56. The minimum Gasteiger partial charge on any atom is -0.444 e. The standard InChI is InChI=1S/C18H18F2N4OS3/c1-18(2,3)12-7-22-13(25-12)9-27-14-8-23-17(28-14)24(16(21)26)15-10(19)5-4-6-11(15)20/h4-8H,9H2,1-3H3,(H2,21,26). The number of rotatable bonds is 5. The first-order valence-electron chi connectivity index (χ1n) is 8.24. The van der Waals surface area contributed by atoms with Crippen molar-refractivity contribution in [1.29, 1.82) is 0 Å². The van der Waals surface area contributed by atoms with Gasteiger partial charge in [0.2, 0.25) is 5.89 Å². The average molecular weight is 441 g/mol. The van der Waals surface area contributed by atoms with Gasteiger partial charge < -0.3 is 10.2 Å². The molecule has 2 N–H and O–H groups in total. The number of anilines is 2. The van der Waals surface area contributed by atoms with Crippen LogP contribution >= 0.6 is 35.3 Å². The number of para-hydroxylation sites is 1. The average Bonchev–Trinajstić information content (AvgIpc) is 3.25. The second kappa shape index (κ2) is 8.14. The van der Waals surface area contributed by atoms with Crippen LogP contribution in [0.2, 0.25) is 0 Å². The van der Waals surface area contributed by atoms with Gasteiger partial charge in [-0.2, -0.15) is 0 Å². The number of thiazole rings is 1. The zero-order valence-electron chi connectivity index (χ0n) is 15.4. The molecule has 0 bridgehead atoms. The minimum absolute atomic E-state index is 0.116. The molecule has 3 aromatic rings. The number of halogens is 2. The van der Waals surface area contributed by atoms with Gasteiger partial charge in [-0.1, -0.05) is 38.2 Å². The molecule has 1 aromatic carbocycles. The number of benzene rings is 1. The van der Waals surface area contributed by atoms with Crippen molar-refractivity contribution in [3.8, 4) is 0 Å². The summed E-state index contributed by atoms with van der Waals surface area (Å²) in [5, 5.41) is 0.0826. The maximum absolute atomic E-state index is 14.2. The number of hydrogen-bond acceptors (Lipinski definition) is 6. The van der Waals surface area contributed by atoms with Crippen molar-refractivity contribution in [3.63, 3.8) is 0 Å². The van der Waals surface area contributed by atoms with Crippen LogP contribution < -0.4 is 10.6 Å². The highest BCUT2D eigenvalue weighted by atomic mass is 32.2. The van der Waals surface area contributed by atoms with Crippen LogP contribution in [0.15, 0.2) is 39.2 Å². The van der Waals surface area contributed by atoms with Crippen LogP contribution in [0.3, 0.4) is 0 Å². The Balaban J connectivity index is 1.78. The third kappa shape index (κ3) is 4.50. The molecule has 0 atom stereocenters. The van der Waals surface area contributed by atoms with Gasteiger partial charge in [-0.25, -0.2) is 18.7 Å². The maximum Gasteiger partial charge on any atom is 0.204 e. The molecule has 0 radical (unpaired) electrons. The first kappa shape index (κ1) is 20.7. The molecule has 0 aliphatic heterocycles. The second-order valence-corrected chi connectivity index (χ2v) is 9.57. The first-order chi connectivity index (χ1) is 13.2. The highest BCUT2D eigenvalue weighted by Gasteiger charge is 2.24. The van der Waals surface area contributed by atoms with Crippen molar-refractivity contribution >= 4 is 51.2 Å². The lowest BCUT2D eigenvalue weighted by Crippen LogP contribution is -2.32. The molecule has 0 aliphatic carbocycles. The Hall–Kier alpha value is -2.04. The Bertz CT molecular complexity index is 977. The summed E-state index contributed by atoms with van der Waals surface area (Å²) >= 11 is 7.67. The van der Waals surface area contributed by atoms with E-state index in [0.29, 0.717) is 11.6 Å². The van der Waals surface area contributed by atoms with Crippen LogP contribution in [0.4, 0.5) is 19.6 Å². The molecule has 5 nitrogen and oxygen atoms in total. The lowest BCUT2D eigenvalue weighted by Gasteiger charge is -2.20.